The fraction of sp³-hybridized carbons (Fsp3) is 0.500. The molecular formula is C14H19N3O. The van der Waals surface area contributed by atoms with E-state index in [1.54, 1.807) is 0 Å². The topological polar surface area (TPSA) is 35.6 Å². The van der Waals surface area contributed by atoms with Crippen LogP contribution in [0.3, 0.4) is 0 Å². The molecule has 1 N–H and O–H groups in total. The molecule has 1 aromatic carbocycles. The van der Waals surface area contributed by atoms with Crippen LogP contribution in [0.5, 0.6) is 0 Å². The summed E-state index contributed by atoms with van der Waals surface area (Å²) >= 11 is 0. The Bertz CT molecular complexity index is 454. The van der Waals surface area contributed by atoms with Crippen LogP contribution in [-0.4, -0.2) is 39.1 Å². The Labute approximate surface area is 108 Å². The van der Waals surface area contributed by atoms with E-state index in [-0.39, 0.29) is 11.8 Å². The van der Waals surface area contributed by atoms with Gasteiger partial charge in [-0.05, 0) is 25.1 Å². The molecule has 1 amide bonds. The van der Waals surface area contributed by atoms with E-state index < -0.39 is 0 Å². The largest absolute Gasteiger partial charge is 0.371 e. The Balaban J connectivity index is 1.89. The van der Waals surface area contributed by atoms with E-state index in [2.05, 4.69) is 23.3 Å². The second kappa shape index (κ2) is 4.61. The number of rotatable bonds is 1. The van der Waals surface area contributed by atoms with Crippen molar-refractivity contribution in [3.63, 3.8) is 0 Å². The molecule has 3 rings (SSSR count). The lowest BCUT2D eigenvalue weighted by molar-refractivity contribution is -0.121. The first-order valence-corrected chi connectivity index (χ1v) is 6.59. The number of anilines is 2. The molecule has 0 spiro atoms. The van der Waals surface area contributed by atoms with Crippen LogP contribution < -0.4 is 15.1 Å². The molecular weight excluding hydrogens is 226 g/mol. The van der Waals surface area contributed by atoms with Crippen LogP contribution in [0.4, 0.5) is 11.4 Å². The second-order valence-electron chi connectivity index (χ2n) is 5.09. The summed E-state index contributed by atoms with van der Waals surface area (Å²) in [4.78, 5) is 16.7. The maximum atomic E-state index is 12.5. The number of nitrogens with one attached hydrogen (secondary N) is 1. The van der Waals surface area contributed by atoms with Crippen molar-refractivity contribution in [2.75, 3.05) is 43.0 Å². The Kier molecular flexibility index (Phi) is 2.96. The number of hydrogen-bond acceptors (Lipinski definition) is 3. The lowest BCUT2D eigenvalue weighted by Gasteiger charge is -2.36. The van der Waals surface area contributed by atoms with Gasteiger partial charge in [0.1, 0.15) is 0 Å². The van der Waals surface area contributed by atoms with Crippen molar-refractivity contribution in [3.05, 3.63) is 24.3 Å². The number of carbonyl (C=O) groups is 1. The van der Waals surface area contributed by atoms with E-state index in [0.717, 1.165) is 44.0 Å². The number of likely N-dealkylation sites (N-methyl/N-ethyl adjacent to an activating group) is 1. The van der Waals surface area contributed by atoms with Gasteiger partial charge in [0.05, 0.1) is 17.3 Å². The summed E-state index contributed by atoms with van der Waals surface area (Å²) in [6.45, 7) is 3.49. The number of nitrogens with zero attached hydrogens (tertiary/aromatic N) is 2. The highest BCUT2D eigenvalue weighted by Gasteiger charge is 2.31. The van der Waals surface area contributed by atoms with E-state index in [0.29, 0.717) is 0 Å². The summed E-state index contributed by atoms with van der Waals surface area (Å²) in [5.74, 6) is 0.432. The molecule has 18 heavy (non-hydrogen) atoms. The van der Waals surface area contributed by atoms with E-state index >= 15 is 0 Å². The zero-order valence-corrected chi connectivity index (χ0v) is 10.7. The minimum atomic E-state index is 0.154. The Morgan fingerprint density at radius 1 is 1.28 bits per heavy atom. The number of fused-ring (bicyclic) bond motifs is 1. The smallest absolute Gasteiger partial charge is 0.231 e. The third kappa shape index (κ3) is 1.86. The molecule has 1 unspecified atom stereocenters. The maximum absolute atomic E-state index is 12.5. The summed E-state index contributed by atoms with van der Waals surface area (Å²) < 4.78 is 0. The standard InChI is InChI=1S/C14H19N3O/c1-16-8-9-17(13-5-3-2-4-12(13)16)14(18)11-6-7-15-10-11/h2-5,11,15H,6-10H2,1H3. The van der Waals surface area contributed by atoms with E-state index in [4.69, 9.17) is 0 Å². The highest BCUT2D eigenvalue weighted by Crippen LogP contribution is 2.33. The van der Waals surface area contributed by atoms with Crippen molar-refractivity contribution in [1.82, 2.24) is 5.32 Å². The minimum Gasteiger partial charge on any atom is -0.371 e. The first kappa shape index (κ1) is 11.5. The molecule has 0 aromatic heterocycles. The number of amides is 1. The zero-order chi connectivity index (χ0) is 12.5. The average molecular weight is 245 g/mol. The van der Waals surface area contributed by atoms with E-state index in [1.807, 2.05) is 23.1 Å². The zero-order valence-electron chi connectivity index (χ0n) is 10.7. The van der Waals surface area contributed by atoms with Gasteiger partial charge in [-0.3, -0.25) is 4.79 Å². The molecule has 1 atom stereocenters. The molecule has 2 aliphatic heterocycles. The molecule has 1 aromatic rings. The van der Waals surface area contributed by atoms with Gasteiger partial charge in [-0.1, -0.05) is 12.1 Å². The van der Waals surface area contributed by atoms with Gasteiger partial charge < -0.3 is 15.1 Å². The van der Waals surface area contributed by atoms with Crippen molar-refractivity contribution in [2.24, 2.45) is 5.92 Å². The fourth-order valence-corrected chi connectivity index (χ4v) is 2.82. The summed E-state index contributed by atoms with van der Waals surface area (Å²) in [6.07, 6.45) is 0.966. The van der Waals surface area contributed by atoms with Gasteiger partial charge >= 0.3 is 0 Å². The molecule has 0 radical (unpaired) electrons. The average Bonchev–Trinajstić information content (AvgIpc) is 2.93. The molecule has 1 saturated heterocycles. The molecule has 2 aliphatic rings. The number of para-hydroxylation sites is 2. The van der Waals surface area contributed by atoms with Gasteiger partial charge in [0.2, 0.25) is 5.91 Å². The summed E-state index contributed by atoms with van der Waals surface area (Å²) in [5, 5.41) is 3.27. The van der Waals surface area contributed by atoms with Crippen LogP contribution in [0.1, 0.15) is 6.42 Å². The first-order valence-electron chi connectivity index (χ1n) is 6.59. The van der Waals surface area contributed by atoms with Gasteiger partial charge in [-0.25, -0.2) is 0 Å². The van der Waals surface area contributed by atoms with Crippen LogP contribution in [-0.2, 0) is 4.79 Å². The van der Waals surface area contributed by atoms with Crippen LogP contribution in [0.15, 0.2) is 24.3 Å². The quantitative estimate of drug-likeness (QED) is 0.804. The van der Waals surface area contributed by atoms with Gasteiger partial charge in [0.15, 0.2) is 0 Å². The number of hydrogen-bond donors (Lipinski definition) is 1. The van der Waals surface area contributed by atoms with E-state index in [1.165, 1.54) is 0 Å². The predicted molar refractivity (Wildman–Crippen MR) is 73.0 cm³/mol. The lowest BCUT2D eigenvalue weighted by Crippen LogP contribution is -2.45. The Hall–Kier alpha value is -1.55. The summed E-state index contributed by atoms with van der Waals surface area (Å²) in [5.41, 5.74) is 2.21. The van der Waals surface area contributed by atoms with Crippen LogP contribution >= 0.6 is 0 Å². The minimum absolute atomic E-state index is 0.154. The van der Waals surface area contributed by atoms with Gasteiger partial charge in [0.25, 0.3) is 0 Å². The van der Waals surface area contributed by atoms with Gasteiger partial charge in [-0.15, -0.1) is 0 Å². The monoisotopic (exact) mass is 245 g/mol. The highest BCUT2D eigenvalue weighted by molar-refractivity contribution is 5.99. The molecule has 2 heterocycles. The molecule has 0 aliphatic carbocycles. The Morgan fingerprint density at radius 3 is 2.78 bits per heavy atom. The maximum Gasteiger partial charge on any atom is 0.231 e. The van der Waals surface area contributed by atoms with Gasteiger partial charge in [-0.2, -0.15) is 0 Å². The molecule has 0 bridgehead atoms. The van der Waals surface area contributed by atoms with Crippen molar-refractivity contribution < 1.29 is 4.79 Å². The molecule has 4 heteroatoms. The summed E-state index contributed by atoms with van der Waals surface area (Å²) in [7, 11) is 2.08. The van der Waals surface area contributed by atoms with Crippen molar-refractivity contribution in [3.8, 4) is 0 Å². The number of carbonyl (C=O) groups excluding carboxylic acids is 1. The first-order chi connectivity index (χ1) is 8.77. The van der Waals surface area contributed by atoms with Crippen LogP contribution in [0.25, 0.3) is 0 Å². The van der Waals surface area contributed by atoms with Crippen molar-refractivity contribution >= 4 is 17.3 Å². The van der Waals surface area contributed by atoms with Gasteiger partial charge in [0, 0.05) is 26.7 Å². The predicted octanol–water partition coefficient (Wildman–Crippen LogP) is 1.08. The second-order valence-corrected chi connectivity index (χ2v) is 5.09. The third-order valence-corrected chi connectivity index (χ3v) is 3.92. The van der Waals surface area contributed by atoms with Crippen LogP contribution in [0, 0.1) is 5.92 Å². The summed E-state index contributed by atoms with van der Waals surface area (Å²) in [6, 6.07) is 8.17. The van der Waals surface area contributed by atoms with Crippen molar-refractivity contribution in [2.45, 2.75) is 6.42 Å². The van der Waals surface area contributed by atoms with Crippen molar-refractivity contribution in [1.29, 1.82) is 0 Å². The third-order valence-electron chi connectivity index (χ3n) is 3.92. The highest BCUT2D eigenvalue weighted by atomic mass is 16.2. The molecule has 1 fully saturated rings. The number of benzene rings is 1. The SMILES string of the molecule is CN1CCN(C(=O)C2CCNC2)c2ccccc21. The lowest BCUT2D eigenvalue weighted by atomic mass is 10.1. The van der Waals surface area contributed by atoms with Crippen LogP contribution in [0.2, 0.25) is 0 Å². The van der Waals surface area contributed by atoms with E-state index in [9.17, 15) is 4.79 Å². The normalized spacial score (nSPS) is 23.1. The Morgan fingerprint density at radius 2 is 2.06 bits per heavy atom. The molecule has 4 nitrogen and oxygen atoms in total. The fourth-order valence-electron chi connectivity index (χ4n) is 2.82. The molecule has 96 valence electrons. The molecule has 0 saturated carbocycles.